The molecule has 0 N–H and O–H groups in total. The number of allylic oxidation sites excluding steroid dienone is 1. The lowest BCUT2D eigenvalue weighted by Gasteiger charge is -1.75. The van der Waals surface area contributed by atoms with Gasteiger partial charge in [-0.25, -0.2) is 0 Å². The first-order valence-corrected chi connectivity index (χ1v) is 2.03. The molecule has 0 aliphatic heterocycles. The Balaban J connectivity index is 3.81. The topological polar surface area (TPSA) is 34.1 Å². The highest BCUT2D eigenvalue weighted by Gasteiger charge is 1.99. The summed E-state index contributed by atoms with van der Waals surface area (Å²) < 4.78 is 0. The highest BCUT2D eigenvalue weighted by Crippen LogP contribution is 1.80. The molecular weight excluding hydrogens is 112 g/mol. The van der Waals surface area contributed by atoms with Crippen molar-refractivity contribution < 1.29 is 9.59 Å². The van der Waals surface area contributed by atoms with Crippen molar-refractivity contribution in [2.75, 3.05) is 0 Å². The molecule has 0 amide bonds. The molecule has 0 aliphatic rings. The average Bonchev–Trinajstić information content (AvgIpc) is 1.65. The van der Waals surface area contributed by atoms with Crippen molar-refractivity contribution in [1.29, 1.82) is 0 Å². The van der Waals surface area contributed by atoms with Gasteiger partial charge >= 0.3 is 0 Å². The van der Waals surface area contributed by atoms with Gasteiger partial charge in [-0.05, 0) is 6.08 Å². The van der Waals surface area contributed by atoms with E-state index in [0.29, 0.717) is 0 Å². The molecule has 0 radical (unpaired) electrons. The van der Waals surface area contributed by atoms with E-state index in [4.69, 9.17) is 0 Å². The summed E-state index contributed by atoms with van der Waals surface area (Å²) in [6.45, 7) is 3.06. The number of carbonyl (C=O) groups is 2. The summed E-state index contributed by atoms with van der Waals surface area (Å²) in [4.78, 5) is 19.8. The number of hydrogen-bond acceptors (Lipinski definition) is 2. The summed E-state index contributed by atoms with van der Waals surface area (Å²) in [7, 11) is 0. The van der Waals surface area contributed by atoms with Gasteiger partial charge in [0.25, 0.3) is 5.12 Å². The van der Waals surface area contributed by atoms with Crippen LogP contribution >= 0.6 is 12.6 Å². The van der Waals surface area contributed by atoms with Crippen LogP contribution in [-0.4, -0.2) is 10.9 Å². The third-order valence-corrected chi connectivity index (χ3v) is 0.617. The van der Waals surface area contributed by atoms with Gasteiger partial charge in [0.2, 0.25) is 5.78 Å². The first-order chi connectivity index (χ1) is 3.18. The van der Waals surface area contributed by atoms with Crippen LogP contribution in [0.1, 0.15) is 0 Å². The van der Waals surface area contributed by atoms with Gasteiger partial charge in [-0.2, -0.15) is 0 Å². The Hall–Kier alpha value is -0.570. The molecule has 0 atom stereocenters. The van der Waals surface area contributed by atoms with Gasteiger partial charge in [-0.15, -0.1) is 0 Å². The molecule has 0 saturated carbocycles. The zero-order chi connectivity index (χ0) is 5.86. The zero-order valence-electron chi connectivity index (χ0n) is 3.55. The van der Waals surface area contributed by atoms with E-state index in [0.717, 1.165) is 6.08 Å². The smallest absolute Gasteiger partial charge is 0.256 e. The van der Waals surface area contributed by atoms with Crippen LogP contribution < -0.4 is 0 Å². The zero-order valence-corrected chi connectivity index (χ0v) is 4.44. The van der Waals surface area contributed by atoms with Crippen molar-refractivity contribution in [2.24, 2.45) is 0 Å². The molecule has 7 heavy (non-hydrogen) atoms. The van der Waals surface area contributed by atoms with Crippen molar-refractivity contribution in [3.8, 4) is 0 Å². The van der Waals surface area contributed by atoms with Crippen LogP contribution in [-0.2, 0) is 9.59 Å². The fourth-order valence-corrected chi connectivity index (χ4v) is 0.179. The highest BCUT2D eigenvalue weighted by atomic mass is 32.1. The van der Waals surface area contributed by atoms with Gasteiger partial charge in [0, 0.05) is 0 Å². The van der Waals surface area contributed by atoms with Crippen LogP contribution in [0, 0.1) is 0 Å². The van der Waals surface area contributed by atoms with Crippen LogP contribution in [0.5, 0.6) is 0 Å². The molecule has 0 aromatic heterocycles. The van der Waals surface area contributed by atoms with E-state index < -0.39 is 10.9 Å². The fourth-order valence-electron chi connectivity index (χ4n) is 0.0873. The number of hydrogen-bond donors (Lipinski definition) is 1. The quantitative estimate of drug-likeness (QED) is 0.317. The molecule has 38 valence electrons. The molecule has 0 saturated heterocycles. The molecule has 0 heterocycles. The Bertz CT molecular complexity index is 117. The van der Waals surface area contributed by atoms with Crippen molar-refractivity contribution >= 4 is 23.5 Å². The number of rotatable bonds is 2. The van der Waals surface area contributed by atoms with Gasteiger partial charge in [0.1, 0.15) is 0 Å². The minimum absolute atomic E-state index is 0.664. The standard InChI is InChI=1S/C4H4O2S/c1-2-3(5)4(6)7/h2H,1H2,(H,6,7). The first kappa shape index (κ1) is 6.43. The van der Waals surface area contributed by atoms with E-state index in [1.54, 1.807) is 0 Å². The molecule has 0 aromatic carbocycles. The van der Waals surface area contributed by atoms with E-state index in [9.17, 15) is 9.59 Å². The summed E-state index contributed by atoms with van der Waals surface area (Å²) in [5.41, 5.74) is 0. The van der Waals surface area contributed by atoms with Crippen LogP contribution in [0.15, 0.2) is 12.7 Å². The Kier molecular flexibility index (Phi) is 2.37. The van der Waals surface area contributed by atoms with Crippen molar-refractivity contribution in [3.05, 3.63) is 12.7 Å². The van der Waals surface area contributed by atoms with Gasteiger partial charge in [0.15, 0.2) is 0 Å². The van der Waals surface area contributed by atoms with Crippen molar-refractivity contribution in [1.82, 2.24) is 0 Å². The largest absolute Gasteiger partial charge is 0.285 e. The lowest BCUT2D eigenvalue weighted by molar-refractivity contribution is -0.128. The number of carbonyl (C=O) groups excluding carboxylic acids is 2. The van der Waals surface area contributed by atoms with Crippen LogP contribution in [0.3, 0.4) is 0 Å². The Labute approximate surface area is 46.6 Å². The fraction of sp³-hybridized carbons (Fsp3) is 0. The normalized spacial score (nSPS) is 7.57. The molecule has 0 unspecified atom stereocenters. The summed E-state index contributed by atoms with van der Waals surface area (Å²) in [5.74, 6) is -0.664. The molecule has 0 fully saturated rings. The molecule has 3 heteroatoms. The summed E-state index contributed by atoms with van der Waals surface area (Å²) >= 11 is 3.21. The third-order valence-electron chi connectivity index (χ3n) is 0.396. The lowest BCUT2D eigenvalue weighted by Crippen LogP contribution is -2.00. The monoisotopic (exact) mass is 116 g/mol. The van der Waals surface area contributed by atoms with Gasteiger partial charge < -0.3 is 0 Å². The van der Waals surface area contributed by atoms with Gasteiger partial charge in [0.05, 0.1) is 0 Å². The first-order valence-electron chi connectivity index (χ1n) is 1.58. The minimum Gasteiger partial charge on any atom is -0.285 e. The SMILES string of the molecule is C=CC(=O)C(=O)S. The van der Waals surface area contributed by atoms with Crippen LogP contribution in [0.2, 0.25) is 0 Å². The number of ketones is 1. The van der Waals surface area contributed by atoms with Crippen molar-refractivity contribution in [3.63, 3.8) is 0 Å². The maximum absolute atomic E-state index is 9.97. The summed E-state index contributed by atoms with van der Waals surface area (Å²) in [6.07, 6.45) is 0.926. The van der Waals surface area contributed by atoms with Gasteiger partial charge in [-0.3, -0.25) is 9.59 Å². The highest BCUT2D eigenvalue weighted by molar-refractivity contribution is 7.98. The van der Waals surface area contributed by atoms with Crippen LogP contribution in [0.4, 0.5) is 0 Å². The molecule has 0 bridgehead atoms. The molecule has 0 aromatic rings. The summed E-state index contributed by atoms with van der Waals surface area (Å²) in [5, 5.41) is -0.769. The maximum atomic E-state index is 9.97. The third kappa shape index (κ3) is 2.17. The van der Waals surface area contributed by atoms with Crippen LogP contribution in [0.25, 0.3) is 0 Å². The lowest BCUT2D eigenvalue weighted by atomic mass is 10.4. The molecule has 2 nitrogen and oxygen atoms in total. The molecule has 0 rings (SSSR count). The maximum Gasteiger partial charge on any atom is 0.256 e. The second kappa shape index (κ2) is 2.58. The van der Waals surface area contributed by atoms with E-state index in [1.165, 1.54) is 0 Å². The van der Waals surface area contributed by atoms with E-state index >= 15 is 0 Å². The Morgan fingerprint density at radius 2 is 2.00 bits per heavy atom. The summed E-state index contributed by atoms with van der Waals surface area (Å²) in [6, 6.07) is 0. The van der Waals surface area contributed by atoms with E-state index in [2.05, 4.69) is 19.2 Å². The second-order valence-corrected chi connectivity index (χ2v) is 1.28. The number of thiol groups is 1. The minimum atomic E-state index is -0.769. The molecule has 0 spiro atoms. The predicted molar refractivity (Wildman–Crippen MR) is 29.2 cm³/mol. The Morgan fingerprint density at radius 3 is 2.00 bits per heavy atom. The average molecular weight is 116 g/mol. The van der Waals surface area contributed by atoms with E-state index in [1.807, 2.05) is 0 Å². The predicted octanol–water partition coefficient (Wildman–Crippen LogP) is 0.198. The molecular formula is C4H4O2S. The van der Waals surface area contributed by atoms with E-state index in [-0.39, 0.29) is 0 Å². The second-order valence-electron chi connectivity index (χ2n) is 0.874. The van der Waals surface area contributed by atoms with Gasteiger partial charge in [-0.1, -0.05) is 19.2 Å². The van der Waals surface area contributed by atoms with Crippen molar-refractivity contribution in [2.45, 2.75) is 0 Å². The molecule has 0 aliphatic carbocycles. The Morgan fingerprint density at radius 1 is 1.57 bits per heavy atom.